The molecule has 3 N–H and O–H groups in total. The molecule has 0 saturated carbocycles. The lowest BCUT2D eigenvalue weighted by Crippen LogP contribution is -2.35. The van der Waals surface area contributed by atoms with Gasteiger partial charge in [-0.1, -0.05) is 52.8 Å². The zero-order valence-electron chi connectivity index (χ0n) is 19.5. The molecule has 1 aliphatic rings. The molecule has 1 aromatic heterocycles. The molecule has 6 nitrogen and oxygen atoms in total. The molecule has 1 amide bonds. The first-order chi connectivity index (χ1) is 14.5. The molecule has 1 aliphatic carbocycles. The van der Waals surface area contributed by atoms with Crippen LogP contribution >= 0.6 is 0 Å². The summed E-state index contributed by atoms with van der Waals surface area (Å²) in [5.74, 6) is -0.740. The number of ether oxygens (including phenoxy) is 1. The number of aromatic nitrogens is 1. The highest BCUT2D eigenvalue weighted by molar-refractivity contribution is 5.97. The second-order valence-electron chi connectivity index (χ2n) is 9.84. The number of amides is 1. The van der Waals surface area contributed by atoms with Crippen LogP contribution in [0.1, 0.15) is 87.1 Å². The van der Waals surface area contributed by atoms with Crippen molar-refractivity contribution < 1.29 is 14.3 Å². The number of esters is 1. The van der Waals surface area contributed by atoms with E-state index in [4.69, 9.17) is 10.5 Å². The van der Waals surface area contributed by atoms with E-state index in [1.807, 2.05) is 13.0 Å². The SMILES string of the molecule is CCCn1cc(NC(=O)C(N)c2ccc3c(c2)C(C)(C)CCC3(C)C)cc1C(=O)OC. The fourth-order valence-corrected chi connectivity index (χ4v) is 4.45. The van der Waals surface area contributed by atoms with Gasteiger partial charge in [-0.3, -0.25) is 4.79 Å². The van der Waals surface area contributed by atoms with Gasteiger partial charge in [0.05, 0.1) is 12.8 Å². The van der Waals surface area contributed by atoms with Crippen molar-refractivity contribution in [2.24, 2.45) is 5.73 Å². The summed E-state index contributed by atoms with van der Waals surface area (Å²) in [5.41, 5.74) is 10.9. The van der Waals surface area contributed by atoms with Crippen molar-refractivity contribution in [3.8, 4) is 0 Å². The molecule has 0 bridgehead atoms. The number of carbonyl (C=O) groups is 2. The smallest absolute Gasteiger partial charge is 0.354 e. The highest BCUT2D eigenvalue weighted by Crippen LogP contribution is 2.46. The molecule has 0 fully saturated rings. The number of nitrogens with two attached hydrogens (primary N) is 1. The second-order valence-corrected chi connectivity index (χ2v) is 9.84. The van der Waals surface area contributed by atoms with E-state index in [1.165, 1.54) is 18.2 Å². The minimum atomic E-state index is -0.803. The maximum Gasteiger partial charge on any atom is 0.354 e. The lowest BCUT2D eigenvalue weighted by molar-refractivity contribution is -0.117. The number of aryl methyl sites for hydroxylation is 1. The molecule has 0 saturated heterocycles. The van der Waals surface area contributed by atoms with Crippen LogP contribution in [0.5, 0.6) is 0 Å². The van der Waals surface area contributed by atoms with Crippen LogP contribution in [0.25, 0.3) is 0 Å². The minimum Gasteiger partial charge on any atom is -0.464 e. The first kappa shape index (κ1) is 23.1. The number of methoxy groups -OCH3 is 1. The van der Waals surface area contributed by atoms with Gasteiger partial charge >= 0.3 is 5.97 Å². The first-order valence-corrected chi connectivity index (χ1v) is 11.0. The maximum absolute atomic E-state index is 12.9. The van der Waals surface area contributed by atoms with Crippen molar-refractivity contribution in [1.82, 2.24) is 4.57 Å². The van der Waals surface area contributed by atoms with Crippen LogP contribution in [0.2, 0.25) is 0 Å². The lowest BCUT2D eigenvalue weighted by Gasteiger charge is -2.42. The van der Waals surface area contributed by atoms with E-state index in [2.05, 4.69) is 45.1 Å². The van der Waals surface area contributed by atoms with Crippen molar-refractivity contribution in [1.29, 1.82) is 0 Å². The van der Waals surface area contributed by atoms with E-state index in [1.54, 1.807) is 16.8 Å². The van der Waals surface area contributed by atoms with Gasteiger partial charge in [0.1, 0.15) is 11.7 Å². The normalized spacial score (nSPS) is 17.5. The molecule has 1 unspecified atom stereocenters. The molecule has 1 heterocycles. The topological polar surface area (TPSA) is 86.4 Å². The quantitative estimate of drug-likeness (QED) is 0.659. The molecular formula is C25H35N3O3. The van der Waals surface area contributed by atoms with Gasteiger partial charge in [0.2, 0.25) is 5.91 Å². The van der Waals surface area contributed by atoms with Crippen LogP contribution in [-0.4, -0.2) is 23.6 Å². The summed E-state index contributed by atoms with van der Waals surface area (Å²) < 4.78 is 6.64. The summed E-state index contributed by atoms with van der Waals surface area (Å²) in [6.07, 6.45) is 4.83. The fraction of sp³-hybridized carbons (Fsp3) is 0.520. The van der Waals surface area contributed by atoms with E-state index in [9.17, 15) is 9.59 Å². The van der Waals surface area contributed by atoms with Gasteiger partial charge in [-0.15, -0.1) is 0 Å². The van der Waals surface area contributed by atoms with E-state index >= 15 is 0 Å². The molecule has 31 heavy (non-hydrogen) atoms. The van der Waals surface area contributed by atoms with Gasteiger partial charge in [0.15, 0.2) is 0 Å². The Morgan fingerprint density at radius 2 is 1.77 bits per heavy atom. The molecule has 0 aliphatic heterocycles. The lowest BCUT2D eigenvalue weighted by atomic mass is 9.63. The summed E-state index contributed by atoms with van der Waals surface area (Å²) in [6, 6.07) is 7.02. The van der Waals surface area contributed by atoms with Gasteiger partial charge in [0, 0.05) is 12.7 Å². The summed E-state index contributed by atoms with van der Waals surface area (Å²) in [6.45, 7) is 11.7. The van der Waals surface area contributed by atoms with Crippen LogP contribution in [0.15, 0.2) is 30.5 Å². The Hall–Kier alpha value is -2.60. The fourth-order valence-electron chi connectivity index (χ4n) is 4.45. The number of anilines is 1. The average Bonchev–Trinajstić information content (AvgIpc) is 3.12. The molecule has 0 spiro atoms. The molecule has 1 atom stereocenters. The Kier molecular flexibility index (Phi) is 6.33. The largest absolute Gasteiger partial charge is 0.464 e. The summed E-state index contributed by atoms with van der Waals surface area (Å²) in [7, 11) is 1.35. The van der Waals surface area contributed by atoms with E-state index < -0.39 is 12.0 Å². The molecule has 6 heteroatoms. The third kappa shape index (κ3) is 4.54. The van der Waals surface area contributed by atoms with Gasteiger partial charge in [-0.05, 0) is 52.8 Å². The third-order valence-corrected chi connectivity index (χ3v) is 6.54. The van der Waals surface area contributed by atoms with Crippen LogP contribution in [0.3, 0.4) is 0 Å². The van der Waals surface area contributed by atoms with Crippen molar-refractivity contribution in [3.63, 3.8) is 0 Å². The van der Waals surface area contributed by atoms with E-state index in [0.717, 1.165) is 24.8 Å². The Morgan fingerprint density at radius 1 is 1.13 bits per heavy atom. The molecule has 3 rings (SSSR count). The second kappa shape index (κ2) is 8.50. The number of benzene rings is 1. The van der Waals surface area contributed by atoms with Crippen molar-refractivity contribution in [2.45, 2.75) is 77.3 Å². The number of hydrogen-bond donors (Lipinski definition) is 2. The monoisotopic (exact) mass is 425 g/mol. The zero-order chi connectivity index (χ0) is 23.0. The highest BCUT2D eigenvalue weighted by atomic mass is 16.5. The van der Waals surface area contributed by atoms with Crippen LogP contribution < -0.4 is 11.1 Å². The molecule has 2 aromatic rings. The minimum absolute atomic E-state index is 0.0455. The van der Waals surface area contributed by atoms with E-state index in [0.29, 0.717) is 17.9 Å². The molecule has 168 valence electrons. The number of hydrogen-bond acceptors (Lipinski definition) is 4. The van der Waals surface area contributed by atoms with Crippen molar-refractivity contribution in [3.05, 3.63) is 52.8 Å². The number of rotatable bonds is 6. The van der Waals surface area contributed by atoms with Gasteiger partial charge in [-0.25, -0.2) is 4.79 Å². The third-order valence-electron chi connectivity index (χ3n) is 6.54. The van der Waals surface area contributed by atoms with Gasteiger partial charge in [0.25, 0.3) is 0 Å². The van der Waals surface area contributed by atoms with Gasteiger partial charge < -0.3 is 20.4 Å². The predicted octanol–water partition coefficient (Wildman–Crippen LogP) is 4.67. The first-order valence-electron chi connectivity index (χ1n) is 11.0. The molecular weight excluding hydrogens is 390 g/mol. The predicted molar refractivity (Wildman–Crippen MR) is 123 cm³/mol. The molecule has 0 radical (unpaired) electrons. The standard InChI is InChI=1S/C25H35N3O3/c1-7-12-28-15-17(14-20(28)23(30)31-6)27-22(29)21(26)16-8-9-18-19(13-16)25(4,5)11-10-24(18,2)3/h8-9,13-15,21H,7,10-12,26H2,1-6H3,(H,27,29). The summed E-state index contributed by atoms with van der Waals surface area (Å²) in [5, 5.41) is 2.86. The Balaban J connectivity index is 1.85. The highest BCUT2D eigenvalue weighted by Gasteiger charge is 2.37. The Bertz CT molecular complexity index is 988. The van der Waals surface area contributed by atoms with Crippen LogP contribution in [0.4, 0.5) is 5.69 Å². The number of nitrogens with zero attached hydrogens (tertiary/aromatic N) is 1. The van der Waals surface area contributed by atoms with Crippen molar-refractivity contribution in [2.75, 3.05) is 12.4 Å². The number of fused-ring (bicyclic) bond motifs is 1. The van der Waals surface area contributed by atoms with E-state index in [-0.39, 0.29) is 16.7 Å². The summed E-state index contributed by atoms with van der Waals surface area (Å²) in [4.78, 5) is 25.0. The zero-order valence-corrected chi connectivity index (χ0v) is 19.5. The van der Waals surface area contributed by atoms with Crippen molar-refractivity contribution >= 4 is 17.6 Å². The molecule has 1 aromatic carbocycles. The Labute approximate surface area is 185 Å². The average molecular weight is 426 g/mol. The Morgan fingerprint density at radius 3 is 2.39 bits per heavy atom. The number of carbonyl (C=O) groups excluding carboxylic acids is 2. The maximum atomic E-state index is 12.9. The van der Waals surface area contributed by atoms with Gasteiger partial charge in [-0.2, -0.15) is 0 Å². The van der Waals surface area contributed by atoms with Crippen LogP contribution in [0, 0.1) is 0 Å². The number of nitrogens with one attached hydrogen (secondary N) is 1. The van der Waals surface area contributed by atoms with Crippen LogP contribution in [-0.2, 0) is 26.9 Å². The summed E-state index contributed by atoms with van der Waals surface area (Å²) >= 11 is 0.